The average Bonchev–Trinajstić information content (AvgIpc) is 3.38. The number of nitrogens with zero attached hydrogens (tertiary/aromatic N) is 1. The molecule has 1 nitrogen and oxygen atoms in total. The number of hydrogen-bond donors (Lipinski definition) is 0. The summed E-state index contributed by atoms with van der Waals surface area (Å²) in [7, 11) is 0. The lowest BCUT2D eigenvalue weighted by atomic mass is 9.87. The van der Waals surface area contributed by atoms with Gasteiger partial charge in [-0.15, -0.1) is 0 Å². The van der Waals surface area contributed by atoms with Gasteiger partial charge in [0.2, 0.25) is 0 Å². The summed E-state index contributed by atoms with van der Waals surface area (Å²) < 4.78 is 2.38. The molecule has 0 radical (unpaired) electrons. The van der Waals surface area contributed by atoms with Crippen LogP contribution in [-0.4, -0.2) is 4.57 Å². The van der Waals surface area contributed by atoms with Crippen molar-refractivity contribution in [2.24, 2.45) is 0 Å². The molecule has 0 spiro atoms. The highest BCUT2D eigenvalue weighted by Gasteiger charge is 2.16. The zero-order valence-electron chi connectivity index (χ0n) is 23.3. The van der Waals surface area contributed by atoms with Gasteiger partial charge in [-0.05, 0) is 85.8 Å². The van der Waals surface area contributed by atoms with Crippen molar-refractivity contribution in [3.63, 3.8) is 0 Å². The van der Waals surface area contributed by atoms with Crippen LogP contribution in [0.3, 0.4) is 0 Å². The Hall–Kier alpha value is -5.40. The van der Waals surface area contributed by atoms with Crippen LogP contribution >= 0.6 is 0 Å². The van der Waals surface area contributed by atoms with Gasteiger partial charge >= 0.3 is 0 Å². The van der Waals surface area contributed by atoms with Gasteiger partial charge in [-0.2, -0.15) is 0 Å². The van der Waals surface area contributed by atoms with E-state index in [1.165, 1.54) is 87.6 Å². The van der Waals surface area contributed by atoms with Crippen LogP contribution in [0.15, 0.2) is 146 Å². The Morgan fingerprint density at radius 3 is 1.55 bits per heavy atom. The quantitative estimate of drug-likeness (QED) is 0.199. The Morgan fingerprint density at radius 1 is 0.405 bits per heavy atom. The van der Waals surface area contributed by atoms with Gasteiger partial charge in [0, 0.05) is 16.5 Å². The van der Waals surface area contributed by atoms with E-state index in [2.05, 4.69) is 157 Å². The first-order chi connectivity index (χ1) is 20.7. The molecule has 0 N–H and O–H groups in total. The van der Waals surface area contributed by atoms with Gasteiger partial charge in [0.1, 0.15) is 0 Å². The predicted molar refractivity (Wildman–Crippen MR) is 180 cm³/mol. The fourth-order valence-corrected chi connectivity index (χ4v) is 7.11. The molecular weight excluding hydrogens is 506 g/mol. The Labute approximate surface area is 244 Å². The van der Waals surface area contributed by atoms with Gasteiger partial charge in [-0.3, -0.25) is 0 Å². The molecule has 0 saturated carbocycles. The summed E-state index contributed by atoms with van der Waals surface area (Å²) in [6.45, 7) is 2.16. The van der Waals surface area contributed by atoms with Crippen LogP contribution in [0.2, 0.25) is 0 Å². The molecular formula is C41H27N. The number of para-hydroxylation sites is 2. The first-order valence-corrected chi connectivity index (χ1v) is 14.6. The van der Waals surface area contributed by atoms with E-state index in [-0.39, 0.29) is 0 Å². The fraction of sp³-hybridized carbons (Fsp3) is 0.0244. The molecule has 1 heterocycles. The van der Waals surface area contributed by atoms with Crippen molar-refractivity contribution in [1.82, 2.24) is 4.57 Å². The second-order valence-corrected chi connectivity index (χ2v) is 11.4. The summed E-state index contributed by atoms with van der Waals surface area (Å²) in [6.07, 6.45) is 0. The molecule has 9 rings (SSSR count). The maximum atomic E-state index is 2.38. The number of rotatable bonds is 3. The van der Waals surface area contributed by atoms with Crippen molar-refractivity contribution in [2.75, 3.05) is 0 Å². The van der Waals surface area contributed by atoms with E-state index in [0.29, 0.717) is 0 Å². The van der Waals surface area contributed by atoms with Crippen molar-refractivity contribution in [1.29, 1.82) is 0 Å². The Kier molecular flexibility index (Phi) is 4.88. The van der Waals surface area contributed by atoms with Crippen molar-refractivity contribution < 1.29 is 0 Å². The molecule has 0 fully saturated rings. The zero-order chi connectivity index (χ0) is 27.8. The Morgan fingerprint density at radius 2 is 0.952 bits per heavy atom. The number of hydrogen-bond acceptors (Lipinski definition) is 0. The number of fused-ring (bicyclic) bond motifs is 3. The summed E-state index contributed by atoms with van der Waals surface area (Å²) >= 11 is 0. The molecule has 0 aliphatic rings. The third kappa shape index (κ3) is 3.31. The predicted octanol–water partition coefficient (Wildman–Crippen LogP) is 11.3. The molecule has 1 aromatic heterocycles. The molecule has 0 unspecified atom stereocenters. The molecule has 0 aliphatic heterocycles. The first kappa shape index (κ1) is 23.3. The molecule has 42 heavy (non-hydrogen) atoms. The van der Waals surface area contributed by atoms with E-state index in [1.54, 1.807) is 0 Å². The van der Waals surface area contributed by atoms with Crippen molar-refractivity contribution in [3.8, 4) is 27.9 Å². The van der Waals surface area contributed by atoms with Gasteiger partial charge < -0.3 is 4.57 Å². The third-order valence-corrected chi connectivity index (χ3v) is 9.01. The number of benzene rings is 8. The van der Waals surface area contributed by atoms with E-state index in [9.17, 15) is 0 Å². The molecule has 8 aromatic carbocycles. The van der Waals surface area contributed by atoms with Crippen LogP contribution in [-0.2, 0) is 0 Å². The summed E-state index contributed by atoms with van der Waals surface area (Å²) in [6, 6.07) is 53.7. The molecule has 9 aromatic rings. The standard InChI is InChI=1S/C41H27N/c1-26-7-6-8-30(25-26)33-22-16-29-17-23-36-32(21-15-28-18-24-37(33)41(29)40(28)36)27-13-19-31(20-14-27)42-38-11-4-2-9-34(38)35-10-3-5-12-39(35)42/h2-25H,1H3. The maximum Gasteiger partial charge on any atom is 0.0541 e. The lowest BCUT2D eigenvalue weighted by molar-refractivity contribution is 1.18. The molecule has 0 saturated heterocycles. The lowest BCUT2D eigenvalue weighted by Gasteiger charge is -2.17. The second kappa shape index (κ2) is 8.80. The molecule has 0 atom stereocenters. The minimum absolute atomic E-state index is 1.18. The van der Waals surface area contributed by atoms with Gasteiger partial charge in [-0.1, -0.05) is 127 Å². The van der Waals surface area contributed by atoms with E-state index in [0.717, 1.165) is 0 Å². The Bertz CT molecular complexity index is 2400. The largest absolute Gasteiger partial charge is 0.309 e. The second-order valence-electron chi connectivity index (χ2n) is 11.4. The highest BCUT2D eigenvalue weighted by molar-refractivity contribution is 6.27. The highest BCUT2D eigenvalue weighted by Crippen LogP contribution is 2.42. The smallest absolute Gasteiger partial charge is 0.0541 e. The summed E-state index contributed by atoms with van der Waals surface area (Å²) in [5.41, 5.74) is 10.00. The van der Waals surface area contributed by atoms with E-state index in [4.69, 9.17) is 0 Å². The normalized spacial score (nSPS) is 11.9. The minimum atomic E-state index is 1.18. The molecule has 196 valence electrons. The van der Waals surface area contributed by atoms with E-state index >= 15 is 0 Å². The first-order valence-electron chi connectivity index (χ1n) is 14.6. The van der Waals surface area contributed by atoms with Crippen LogP contribution in [0.4, 0.5) is 0 Å². The summed E-state index contributed by atoms with van der Waals surface area (Å²) in [5, 5.41) is 10.5. The average molecular weight is 534 g/mol. The zero-order valence-corrected chi connectivity index (χ0v) is 23.3. The van der Waals surface area contributed by atoms with E-state index in [1.807, 2.05) is 0 Å². The lowest BCUT2D eigenvalue weighted by Crippen LogP contribution is -1.94. The number of aromatic nitrogens is 1. The van der Waals surface area contributed by atoms with Crippen LogP contribution in [0.1, 0.15) is 5.56 Å². The van der Waals surface area contributed by atoms with Gasteiger partial charge in [0.15, 0.2) is 0 Å². The molecule has 0 aliphatic carbocycles. The Balaban J connectivity index is 1.23. The molecule has 1 heteroatoms. The summed E-state index contributed by atoms with van der Waals surface area (Å²) in [4.78, 5) is 0. The van der Waals surface area contributed by atoms with Crippen molar-refractivity contribution in [2.45, 2.75) is 6.92 Å². The van der Waals surface area contributed by atoms with Crippen LogP contribution < -0.4 is 0 Å². The van der Waals surface area contributed by atoms with Gasteiger partial charge in [0.25, 0.3) is 0 Å². The molecule has 0 bridgehead atoms. The third-order valence-electron chi connectivity index (χ3n) is 9.01. The number of aryl methyl sites for hydroxylation is 1. The van der Waals surface area contributed by atoms with Crippen LogP contribution in [0.25, 0.3) is 82.1 Å². The summed E-state index contributed by atoms with van der Waals surface area (Å²) in [5.74, 6) is 0. The van der Waals surface area contributed by atoms with Gasteiger partial charge in [0.05, 0.1) is 11.0 Å². The van der Waals surface area contributed by atoms with Crippen LogP contribution in [0.5, 0.6) is 0 Å². The van der Waals surface area contributed by atoms with Crippen LogP contribution in [0, 0.1) is 6.92 Å². The monoisotopic (exact) mass is 533 g/mol. The van der Waals surface area contributed by atoms with Crippen molar-refractivity contribution in [3.05, 3.63) is 151 Å². The fourth-order valence-electron chi connectivity index (χ4n) is 7.11. The van der Waals surface area contributed by atoms with E-state index < -0.39 is 0 Å². The maximum absolute atomic E-state index is 2.38. The topological polar surface area (TPSA) is 4.93 Å². The molecule has 0 amide bonds. The van der Waals surface area contributed by atoms with Gasteiger partial charge in [-0.25, -0.2) is 0 Å². The van der Waals surface area contributed by atoms with Crippen molar-refractivity contribution >= 4 is 54.1 Å². The highest BCUT2D eigenvalue weighted by atomic mass is 15.0. The SMILES string of the molecule is Cc1cccc(-c2ccc3ccc4c(-c5ccc(-n6c7ccccc7c7ccccc76)cc5)ccc5ccc2c3c54)c1. The minimum Gasteiger partial charge on any atom is -0.309 e.